The zero-order valence-corrected chi connectivity index (χ0v) is 14.3. The minimum Gasteiger partial charge on any atom is -0.503 e. The van der Waals surface area contributed by atoms with E-state index in [1.54, 1.807) is 11.5 Å². The SMILES string of the molecule is CCCCCn1c(C)cc(=O)c(O)c1COC(=O)CCC(=O)CN. The standard InChI is InChI=1S/C17H26N2O5/c1-3-4-5-8-19-12(2)9-15(21)17(23)14(19)11-24-16(22)7-6-13(20)10-18/h9,23H,3-8,10-11,18H2,1-2H3. The molecule has 0 bridgehead atoms. The first-order chi connectivity index (χ1) is 11.4. The lowest BCUT2D eigenvalue weighted by molar-refractivity contribution is -0.146. The molecule has 0 aliphatic heterocycles. The molecule has 0 saturated carbocycles. The van der Waals surface area contributed by atoms with Gasteiger partial charge in [-0.3, -0.25) is 14.4 Å². The van der Waals surface area contributed by atoms with Crippen molar-refractivity contribution in [1.29, 1.82) is 0 Å². The number of nitrogens with two attached hydrogens (primary N) is 1. The first-order valence-electron chi connectivity index (χ1n) is 8.20. The van der Waals surface area contributed by atoms with Crippen LogP contribution in [0, 0.1) is 6.92 Å². The van der Waals surface area contributed by atoms with Crippen LogP contribution in [0.5, 0.6) is 5.75 Å². The number of carbonyl (C=O) groups is 2. The summed E-state index contributed by atoms with van der Waals surface area (Å²) in [4.78, 5) is 34.6. The van der Waals surface area contributed by atoms with Crippen molar-refractivity contribution in [3.8, 4) is 5.75 Å². The second kappa shape index (κ2) is 9.87. The number of hydrogen-bond donors (Lipinski definition) is 2. The summed E-state index contributed by atoms with van der Waals surface area (Å²) in [6.07, 6.45) is 2.92. The summed E-state index contributed by atoms with van der Waals surface area (Å²) in [5.74, 6) is -1.19. The molecule has 0 aliphatic carbocycles. The molecule has 0 saturated heterocycles. The van der Waals surface area contributed by atoms with Crippen LogP contribution in [0.15, 0.2) is 10.9 Å². The summed E-state index contributed by atoms with van der Waals surface area (Å²) in [6.45, 7) is 4.18. The number of aromatic hydroxyl groups is 1. The van der Waals surface area contributed by atoms with Crippen molar-refractivity contribution in [3.05, 3.63) is 27.7 Å². The fourth-order valence-corrected chi connectivity index (χ4v) is 2.36. The molecule has 0 unspecified atom stereocenters. The van der Waals surface area contributed by atoms with E-state index in [0.717, 1.165) is 19.3 Å². The van der Waals surface area contributed by atoms with Crippen LogP contribution in [-0.2, 0) is 27.5 Å². The summed E-state index contributed by atoms with van der Waals surface area (Å²) < 4.78 is 6.91. The molecule has 1 rings (SSSR count). The average molecular weight is 338 g/mol. The van der Waals surface area contributed by atoms with E-state index in [9.17, 15) is 19.5 Å². The molecule has 0 aromatic carbocycles. The fourth-order valence-electron chi connectivity index (χ4n) is 2.36. The number of aromatic nitrogens is 1. The summed E-state index contributed by atoms with van der Waals surface area (Å²) in [5, 5.41) is 10.0. The molecule has 0 atom stereocenters. The lowest BCUT2D eigenvalue weighted by Gasteiger charge is -2.18. The Labute approximate surface area is 141 Å². The highest BCUT2D eigenvalue weighted by atomic mass is 16.5. The Bertz CT molecular complexity index is 637. The maximum atomic E-state index is 11.8. The Hall–Kier alpha value is -2.15. The topological polar surface area (TPSA) is 112 Å². The number of Topliss-reactive ketones (excluding diaryl/α,β-unsaturated/α-hetero) is 1. The number of rotatable bonds is 10. The third-order valence-electron chi connectivity index (χ3n) is 3.79. The van der Waals surface area contributed by atoms with Crippen molar-refractivity contribution in [1.82, 2.24) is 4.57 Å². The lowest BCUT2D eigenvalue weighted by atomic mass is 10.2. The van der Waals surface area contributed by atoms with Gasteiger partial charge in [0.25, 0.3) is 0 Å². The van der Waals surface area contributed by atoms with Crippen LogP contribution in [0.3, 0.4) is 0 Å². The van der Waals surface area contributed by atoms with Crippen LogP contribution in [0.1, 0.15) is 50.4 Å². The predicted octanol–water partition coefficient (Wildman–Crippen LogP) is 1.40. The first kappa shape index (κ1) is 19.9. The van der Waals surface area contributed by atoms with Gasteiger partial charge in [0.2, 0.25) is 5.43 Å². The molecule has 134 valence electrons. The molecular formula is C17H26N2O5. The van der Waals surface area contributed by atoms with E-state index in [4.69, 9.17) is 10.5 Å². The van der Waals surface area contributed by atoms with Gasteiger partial charge in [-0.2, -0.15) is 0 Å². The Balaban J connectivity index is 2.82. The Morgan fingerprint density at radius 2 is 2.00 bits per heavy atom. The molecule has 7 heteroatoms. The van der Waals surface area contributed by atoms with E-state index < -0.39 is 17.1 Å². The number of esters is 1. The van der Waals surface area contributed by atoms with Crippen molar-refractivity contribution in [2.45, 2.75) is 59.1 Å². The Morgan fingerprint density at radius 3 is 2.62 bits per heavy atom. The summed E-state index contributed by atoms with van der Waals surface area (Å²) in [7, 11) is 0. The molecule has 3 N–H and O–H groups in total. The van der Waals surface area contributed by atoms with Gasteiger partial charge in [0.1, 0.15) is 18.1 Å². The number of ether oxygens (including phenoxy) is 1. The molecule has 0 spiro atoms. The third kappa shape index (κ3) is 5.81. The van der Waals surface area contributed by atoms with E-state index in [0.29, 0.717) is 12.2 Å². The van der Waals surface area contributed by atoms with E-state index in [1.807, 2.05) is 0 Å². The molecular weight excluding hydrogens is 312 g/mol. The minimum absolute atomic E-state index is 0.0262. The maximum Gasteiger partial charge on any atom is 0.306 e. The highest BCUT2D eigenvalue weighted by Crippen LogP contribution is 2.17. The Morgan fingerprint density at radius 1 is 1.29 bits per heavy atom. The molecule has 0 fully saturated rings. The predicted molar refractivity (Wildman–Crippen MR) is 89.7 cm³/mol. The van der Waals surface area contributed by atoms with Crippen molar-refractivity contribution >= 4 is 11.8 Å². The second-order valence-corrected chi connectivity index (χ2v) is 5.71. The van der Waals surface area contributed by atoms with E-state index in [2.05, 4.69) is 6.92 Å². The number of unbranched alkanes of at least 4 members (excludes halogenated alkanes) is 2. The van der Waals surface area contributed by atoms with E-state index >= 15 is 0 Å². The third-order valence-corrected chi connectivity index (χ3v) is 3.79. The fraction of sp³-hybridized carbons (Fsp3) is 0.588. The van der Waals surface area contributed by atoms with Crippen molar-refractivity contribution in [2.24, 2.45) is 5.73 Å². The smallest absolute Gasteiger partial charge is 0.306 e. The maximum absolute atomic E-state index is 11.8. The lowest BCUT2D eigenvalue weighted by Crippen LogP contribution is -2.19. The second-order valence-electron chi connectivity index (χ2n) is 5.71. The van der Waals surface area contributed by atoms with Crippen LogP contribution in [-0.4, -0.2) is 28.0 Å². The quantitative estimate of drug-likeness (QED) is 0.493. The molecule has 1 aromatic rings. The highest BCUT2D eigenvalue weighted by molar-refractivity contribution is 5.84. The van der Waals surface area contributed by atoms with Gasteiger partial charge in [-0.05, 0) is 13.3 Å². The zero-order chi connectivity index (χ0) is 18.1. The minimum atomic E-state index is -0.565. The summed E-state index contributed by atoms with van der Waals surface area (Å²) in [5.41, 5.74) is 5.68. The van der Waals surface area contributed by atoms with Crippen LogP contribution in [0.2, 0.25) is 0 Å². The number of pyridine rings is 1. The summed E-state index contributed by atoms with van der Waals surface area (Å²) in [6, 6.07) is 1.37. The molecule has 0 aliphatic rings. The molecule has 0 radical (unpaired) electrons. The molecule has 24 heavy (non-hydrogen) atoms. The number of carbonyl (C=O) groups excluding carboxylic acids is 2. The number of hydrogen-bond acceptors (Lipinski definition) is 6. The zero-order valence-electron chi connectivity index (χ0n) is 14.3. The molecule has 0 amide bonds. The van der Waals surface area contributed by atoms with E-state index in [1.165, 1.54) is 6.07 Å². The van der Waals surface area contributed by atoms with Gasteiger partial charge in [-0.15, -0.1) is 0 Å². The highest BCUT2D eigenvalue weighted by Gasteiger charge is 2.15. The van der Waals surface area contributed by atoms with Gasteiger partial charge in [0.15, 0.2) is 5.75 Å². The molecule has 1 aromatic heterocycles. The van der Waals surface area contributed by atoms with Crippen molar-refractivity contribution < 1.29 is 19.4 Å². The molecule has 7 nitrogen and oxygen atoms in total. The largest absolute Gasteiger partial charge is 0.503 e. The van der Waals surface area contributed by atoms with Gasteiger partial charge < -0.3 is 20.1 Å². The van der Waals surface area contributed by atoms with Crippen molar-refractivity contribution in [3.63, 3.8) is 0 Å². The average Bonchev–Trinajstić information content (AvgIpc) is 2.56. The van der Waals surface area contributed by atoms with Crippen LogP contribution in [0.4, 0.5) is 0 Å². The normalized spacial score (nSPS) is 10.6. The number of aryl methyl sites for hydroxylation is 1. The summed E-state index contributed by atoms with van der Waals surface area (Å²) >= 11 is 0. The number of nitrogens with zero attached hydrogens (tertiary/aromatic N) is 1. The monoisotopic (exact) mass is 338 g/mol. The van der Waals surface area contributed by atoms with E-state index in [-0.39, 0.29) is 37.5 Å². The Kier molecular flexibility index (Phi) is 8.18. The molecule has 1 heterocycles. The van der Waals surface area contributed by atoms with Gasteiger partial charge in [0, 0.05) is 24.7 Å². The first-order valence-corrected chi connectivity index (χ1v) is 8.20. The van der Waals surface area contributed by atoms with Gasteiger partial charge >= 0.3 is 5.97 Å². The van der Waals surface area contributed by atoms with Crippen molar-refractivity contribution in [2.75, 3.05) is 6.54 Å². The van der Waals surface area contributed by atoms with Gasteiger partial charge in [0.05, 0.1) is 13.0 Å². The number of ketones is 1. The van der Waals surface area contributed by atoms with Crippen LogP contribution in [0.25, 0.3) is 0 Å². The van der Waals surface area contributed by atoms with Crippen LogP contribution < -0.4 is 11.2 Å². The van der Waals surface area contributed by atoms with Crippen LogP contribution >= 0.6 is 0 Å². The van der Waals surface area contributed by atoms with Gasteiger partial charge in [-0.1, -0.05) is 19.8 Å². The van der Waals surface area contributed by atoms with Gasteiger partial charge in [-0.25, -0.2) is 0 Å².